The van der Waals surface area contributed by atoms with E-state index in [4.69, 9.17) is 9.47 Å². The molecule has 4 aliphatic carbocycles. The zero-order valence-corrected chi connectivity index (χ0v) is 19.4. The van der Waals surface area contributed by atoms with Crippen molar-refractivity contribution >= 4 is 17.7 Å². The lowest BCUT2D eigenvalue weighted by Gasteiger charge is -2.65. The lowest BCUT2D eigenvalue weighted by molar-refractivity contribution is -0.206. The van der Waals surface area contributed by atoms with Gasteiger partial charge in [-0.1, -0.05) is 38.5 Å². The Morgan fingerprint density at radius 1 is 1.06 bits per heavy atom. The highest BCUT2D eigenvalue weighted by atomic mass is 16.5. The van der Waals surface area contributed by atoms with Gasteiger partial charge < -0.3 is 9.47 Å². The second-order valence-corrected chi connectivity index (χ2v) is 11.2. The lowest BCUT2D eigenvalue weighted by atomic mass is 9.39. The highest BCUT2D eigenvalue weighted by Gasteiger charge is 2.71. The summed E-state index contributed by atoms with van der Waals surface area (Å²) in [5.74, 6) is -0.316. The van der Waals surface area contributed by atoms with Crippen LogP contribution in [0.5, 0.6) is 0 Å². The Hall–Kier alpha value is -2.17. The third-order valence-corrected chi connectivity index (χ3v) is 9.92. The van der Waals surface area contributed by atoms with Gasteiger partial charge in [0, 0.05) is 17.8 Å². The molecule has 0 heterocycles. The average Bonchev–Trinajstić information content (AvgIpc) is 3.12. The Bertz CT molecular complexity index is 941. The number of fused-ring (bicyclic) bond motifs is 2. The van der Waals surface area contributed by atoms with Gasteiger partial charge in [-0.3, -0.25) is 9.59 Å². The van der Waals surface area contributed by atoms with Crippen molar-refractivity contribution < 1.29 is 23.9 Å². The molecule has 0 aromatic heterocycles. The molecular weight excluding hydrogens is 404 g/mol. The van der Waals surface area contributed by atoms with Gasteiger partial charge in [0.05, 0.1) is 18.6 Å². The maximum Gasteiger partial charge on any atom is 0.338 e. The number of methoxy groups -OCH3 is 1. The molecule has 1 aromatic carbocycles. The van der Waals surface area contributed by atoms with Crippen molar-refractivity contribution in [1.82, 2.24) is 0 Å². The van der Waals surface area contributed by atoms with E-state index < -0.39 is 0 Å². The largest absolute Gasteiger partial charge is 0.469 e. The number of hydrogen-bond donors (Lipinski definition) is 0. The number of ether oxygens (including phenoxy) is 2. The number of rotatable bonds is 3. The minimum Gasteiger partial charge on any atom is -0.469 e. The standard InChI is InChI=1S/C27H34O5/c1-25-12-13-27(16-25)18(15-21(25)28)14-20(32-23(29)17-8-5-4-6-9-17)22-19(24(30)31-3)10-7-11-26(22,27)2/h4-6,8-9,18-20,22H,7,10-16H2,1-3H3. The van der Waals surface area contributed by atoms with Crippen molar-refractivity contribution in [3.05, 3.63) is 35.9 Å². The van der Waals surface area contributed by atoms with Gasteiger partial charge >= 0.3 is 11.9 Å². The van der Waals surface area contributed by atoms with Crippen LogP contribution in [0.2, 0.25) is 0 Å². The Morgan fingerprint density at radius 2 is 1.81 bits per heavy atom. The first-order valence-corrected chi connectivity index (χ1v) is 12.1. The molecule has 0 amide bonds. The fraction of sp³-hybridized carbons (Fsp3) is 0.667. The molecule has 5 heteroatoms. The Labute approximate surface area is 190 Å². The van der Waals surface area contributed by atoms with E-state index in [1.54, 1.807) is 12.1 Å². The highest BCUT2D eigenvalue weighted by Crippen LogP contribution is 2.74. The molecular formula is C27H34O5. The predicted octanol–water partition coefficient (Wildman–Crippen LogP) is 4.98. The molecule has 5 rings (SSSR count). The van der Waals surface area contributed by atoms with Crippen LogP contribution in [0.4, 0.5) is 0 Å². The zero-order valence-electron chi connectivity index (χ0n) is 19.4. The van der Waals surface area contributed by atoms with Crippen LogP contribution in [-0.2, 0) is 19.1 Å². The smallest absolute Gasteiger partial charge is 0.338 e. The van der Waals surface area contributed by atoms with Crippen molar-refractivity contribution in [3.63, 3.8) is 0 Å². The molecule has 7 atom stereocenters. The molecule has 1 spiro atoms. The van der Waals surface area contributed by atoms with E-state index in [1.807, 2.05) is 18.2 Å². The molecule has 0 saturated heterocycles. The Balaban J connectivity index is 1.56. The summed E-state index contributed by atoms with van der Waals surface area (Å²) in [7, 11) is 1.45. The SMILES string of the molecule is COC(=O)C1CCCC2(C)C1C(OC(=O)c1ccccc1)CC1CC(=O)C3(C)CCC12C3. The number of esters is 2. The predicted molar refractivity (Wildman–Crippen MR) is 119 cm³/mol. The average molecular weight is 439 g/mol. The van der Waals surface area contributed by atoms with Crippen LogP contribution in [0.25, 0.3) is 0 Å². The summed E-state index contributed by atoms with van der Waals surface area (Å²) >= 11 is 0. The Morgan fingerprint density at radius 3 is 2.53 bits per heavy atom. The molecule has 32 heavy (non-hydrogen) atoms. The van der Waals surface area contributed by atoms with Crippen LogP contribution in [0.15, 0.2) is 30.3 Å². The summed E-state index contributed by atoms with van der Waals surface area (Å²) in [6.45, 7) is 4.46. The maximum absolute atomic E-state index is 13.1. The molecule has 172 valence electrons. The van der Waals surface area contributed by atoms with Crippen molar-refractivity contribution in [2.45, 2.75) is 71.3 Å². The summed E-state index contributed by atoms with van der Waals surface area (Å²) in [5, 5.41) is 0. The second-order valence-electron chi connectivity index (χ2n) is 11.2. The van der Waals surface area contributed by atoms with Crippen molar-refractivity contribution in [2.75, 3.05) is 7.11 Å². The van der Waals surface area contributed by atoms with Crippen LogP contribution >= 0.6 is 0 Å². The number of hydrogen-bond acceptors (Lipinski definition) is 5. The van der Waals surface area contributed by atoms with Gasteiger partial charge in [0.1, 0.15) is 11.9 Å². The lowest BCUT2D eigenvalue weighted by Crippen LogP contribution is -2.63. The number of benzene rings is 1. The van der Waals surface area contributed by atoms with E-state index in [0.717, 1.165) is 38.5 Å². The summed E-state index contributed by atoms with van der Waals surface area (Å²) in [6.07, 6.45) is 6.45. The fourth-order valence-electron chi connectivity index (χ4n) is 8.36. The summed E-state index contributed by atoms with van der Waals surface area (Å²) < 4.78 is 11.4. The molecule has 7 unspecified atom stereocenters. The van der Waals surface area contributed by atoms with Crippen LogP contribution in [0, 0.1) is 34.0 Å². The first-order chi connectivity index (χ1) is 15.2. The van der Waals surface area contributed by atoms with E-state index in [0.29, 0.717) is 24.2 Å². The fourth-order valence-corrected chi connectivity index (χ4v) is 8.36. The summed E-state index contributed by atoms with van der Waals surface area (Å²) in [5.41, 5.74) is 0.152. The van der Waals surface area contributed by atoms with E-state index in [1.165, 1.54) is 7.11 Å². The molecule has 4 saturated carbocycles. The van der Waals surface area contributed by atoms with Crippen LogP contribution in [0.3, 0.4) is 0 Å². The highest BCUT2D eigenvalue weighted by molar-refractivity contribution is 5.89. The van der Waals surface area contributed by atoms with Crippen molar-refractivity contribution in [3.8, 4) is 0 Å². The molecule has 1 aromatic rings. The normalized spacial score (nSPS) is 42.5. The van der Waals surface area contributed by atoms with Gasteiger partial charge in [-0.2, -0.15) is 0 Å². The third kappa shape index (κ3) is 2.92. The summed E-state index contributed by atoms with van der Waals surface area (Å²) in [4.78, 5) is 39.1. The van der Waals surface area contributed by atoms with Gasteiger partial charge in [0.25, 0.3) is 0 Å². The van der Waals surface area contributed by atoms with Crippen molar-refractivity contribution in [2.24, 2.45) is 34.0 Å². The van der Waals surface area contributed by atoms with Crippen molar-refractivity contribution in [1.29, 1.82) is 0 Å². The number of Topliss-reactive ketones (excluding diaryl/α,β-unsaturated/α-hetero) is 1. The van der Waals surface area contributed by atoms with Crippen LogP contribution in [-0.4, -0.2) is 30.9 Å². The first kappa shape index (κ1) is 21.7. The third-order valence-electron chi connectivity index (χ3n) is 9.92. The minimum absolute atomic E-state index is 0.0304. The van der Waals surface area contributed by atoms with Crippen LogP contribution in [0.1, 0.15) is 75.6 Å². The molecule has 0 radical (unpaired) electrons. The van der Waals surface area contributed by atoms with Crippen LogP contribution < -0.4 is 0 Å². The summed E-state index contributed by atoms with van der Waals surface area (Å²) in [6, 6.07) is 9.05. The van der Waals surface area contributed by atoms with E-state index >= 15 is 0 Å². The first-order valence-electron chi connectivity index (χ1n) is 12.1. The molecule has 2 bridgehead atoms. The molecule has 4 fully saturated rings. The van der Waals surface area contributed by atoms with Gasteiger partial charge in [-0.15, -0.1) is 0 Å². The minimum atomic E-state index is -0.384. The van der Waals surface area contributed by atoms with Gasteiger partial charge in [-0.25, -0.2) is 4.79 Å². The van der Waals surface area contributed by atoms with E-state index in [-0.39, 0.29) is 52.0 Å². The molecule has 0 N–H and O–H groups in total. The van der Waals surface area contributed by atoms with Gasteiger partial charge in [0.15, 0.2) is 0 Å². The van der Waals surface area contributed by atoms with Gasteiger partial charge in [-0.05, 0) is 67.4 Å². The molecule has 5 nitrogen and oxygen atoms in total. The van der Waals surface area contributed by atoms with E-state index in [9.17, 15) is 14.4 Å². The molecule has 4 aliphatic rings. The second kappa shape index (κ2) is 7.43. The number of carbonyl (C=O) groups is 3. The maximum atomic E-state index is 13.1. The van der Waals surface area contributed by atoms with Gasteiger partial charge in [0.2, 0.25) is 0 Å². The quantitative estimate of drug-likeness (QED) is 0.623. The topological polar surface area (TPSA) is 69.7 Å². The monoisotopic (exact) mass is 438 g/mol. The zero-order chi connectivity index (χ0) is 22.7. The Kier molecular flexibility index (Phi) is 5.03. The molecule has 0 aliphatic heterocycles. The van der Waals surface area contributed by atoms with E-state index in [2.05, 4.69) is 13.8 Å². The number of carbonyl (C=O) groups excluding carboxylic acids is 3. The number of ketones is 1.